The molecule has 0 fully saturated rings. The van der Waals surface area contributed by atoms with E-state index in [9.17, 15) is 14.9 Å². The zero-order valence-electron chi connectivity index (χ0n) is 9.88. The minimum Gasteiger partial charge on any atom is -0.408 e. The van der Waals surface area contributed by atoms with E-state index >= 15 is 0 Å². The molecule has 18 heavy (non-hydrogen) atoms. The van der Waals surface area contributed by atoms with Crippen LogP contribution in [0.2, 0.25) is 0 Å². The maximum absolute atomic E-state index is 11.6. The second-order valence-corrected chi connectivity index (χ2v) is 3.78. The highest BCUT2D eigenvalue weighted by atomic mass is 16.6. The Bertz CT molecular complexity index is 629. The summed E-state index contributed by atoms with van der Waals surface area (Å²) in [5.74, 6) is -0.497. The molecular formula is C11H13N3O4. The normalized spacial score (nSPS) is 10.9. The first-order chi connectivity index (χ1) is 8.63. The van der Waals surface area contributed by atoms with E-state index in [2.05, 4.69) is 5.32 Å². The predicted molar refractivity (Wildman–Crippen MR) is 65.7 cm³/mol. The lowest BCUT2D eigenvalue weighted by Gasteiger charge is -2.02. The largest absolute Gasteiger partial charge is 0.419 e. The van der Waals surface area contributed by atoms with Crippen molar-refractivity contribution in [3.05, 3.63) is 38.9 Å². The second-order valence-electron chi connectivity index (χ2n) is 3.78. The van der Waals surface area contributed by atoms with Gasteiger partial charge in [0.25, 0.3) is 5.69 Å². The lowest BCUT2D eigenvalue weighted by molar-refractivity contribution is -0.384. The van der Waals surface area contributed by atoms with Gasteiger partial charge in [-0.15, -0.1) is 0 Å². The first kappa shape index (κ1) is 12.3. The summed E-state index contributed by atoms with van der Waals surface area (Å²) in [7, 11) is 0. The smallest absolute Gasteiger partial charge is 0.408 e. The molecule has 1 heterocycles. The van der Waals surface area contributed by atoms with E-state index in [0.717, 1.165) is 6.54 Å². The Morgan fingerprint density at radius 1 is 1.50 bits per heavy atom. The highest BCUT2D eigenvalue weighted by molar-refractivity contribution is 5.75. The number of non-ortho nitro benzene ring substituents is 1. The molecule has 1 aromatic carbocycles. The highest BCUT2D eigenvalue weighted by Crippen LogP contribution is 2.19. The van der Waals surface area contributed by atoms with E-state index in [-0.39, 0.29) is 5.69 Å². The fourth-order valence-corrected chi connectivity index (χ4v) is 1.74. The number of nitro benzene ring substituents is 1. The third-order valence-corrected chi connectivity index (χ3v) is 2.62. The van der Waals surface area contributed by atoms with Gasteiger partial charge in [0.2, 0.25) is 0 Å². The number of rotatable bonds is 5. The van der Waals surface area contributed by atoms with Gasteiger partial charge < -0.3 is 9.73 Å². The number of nitro groups is 1. The van der Waals surface area contributed by atoms with E-state index in [1.807, 2.05) is 6.92 Å². The fraction of sp³-hybridized carbons (Fsp3) is 0.364. The van der Waals surface area contributed by atoms with E-state index < -0.39 is 10.7 Å². The Morgan fingerprint density at radius 2 is 2.28 bits per heavy atom. The summed E-state index contributed by atoms with van der Waals surface area (Å²) in [4.78, 5) is 21.8. The summed E-state index contributed by atoms with van der Waals surface area (Å²) in [5.41, 5.74) is 0.759. The van der Waals surface area contributed by atoms with Gasteiger partial charge in [0.05, 0.1) is 10.4 Å². The topological polar surface area (TPSA) is 90.3 Å². The number of oxazole rings is 1. The lowest BCUT2D eigenvalue weighted by atomic mass is 10.3. The monoisotopic (exact) mass is 251 g/mol. The van der Waals surface area contributed by atoms with Crippen molar-refractivity contribution in [2.24, 2.45) is 0 Å². The zero-order valence-corrected chi connectivity index (χ0v) is 9.88. The van der Waals surface area contributed by atoms with Gasteiger partial charge in [-0.05, 0) is 12.6 Å². The maximum atomic E-state index is 11.6. The van der Waals surface area contributed by atoms with Gasteiger partial charge in [-0.3, -0.25) is 14.7 Å². The molecule has 7 nitrogen and oxygen atoms in total. The van der Waals surface area contributed by atoms with Crippen LogP contribution in [0.15, 0.2) is 27.4 Å². The van der Waals surface area contributed by atoms with Crippen LogP contribution in [0.1, 0.15) is 6.92 Å². The molecule has 7 heteroatoms. The number of fused-ring (bicyclic) bond motifs is 1. The van der Waals surface area contributed by atoms with Crippen LogP contribution >= 0.6 is 0 Å². The highest BCUT2D eigenvalue weighted by Gasteiger charge is 2.13. The molecule has 2 rings (SSSR count). The van der Waals surface area contributed by atoms with Crippen LogP contribution < -0.4 is 11.1 Å². The maximum Gasteiger partial charge on any atom is 0.419 e. The Hall–Kier alpha value is -2.15. The summed E-state index contributed by atoms with van der Waals surface area (Å²) in [5, 5.41) is 13.8. The Balaban J connectivity index is 2.43. The minimum atomic E-state index is -0.497. The SMILES string of the molecule is CCNCCn1c(=O)oc2ccc([N+](=O)[O-])cc21. The van der Waals surface area contributed by atoms with Crippen molar-refractivity contribution in [2.75, 3.05) is 13.1 Å². The average Bonchev–Trinajstić information content (AvgIpc) is 2.65. The molecule has 0 amide bonds. The molecule has 96 valence electrons. The molecule has 1 aromatic heterocycles. The van der Waals surface area contributed by atoms with Gasteiger partial charge in [-0.1, -0.05) is 6.92 Å². The standard InChI is InChI=1S/C11H13N3O4/c1-2-12-5-6-13-9-7-8(14(16)17)3-4-10(9)18-11(13)15/h3-4,7,12H,2,5-6H2,1H3. The van der Waals surface area contributed by atoms with E-state index in [0.29, 0.717) is 24.2 Å². The number of likely N-dealkylation sites (N-methyl/N-ethyl adjacent to an activating group) is 1. The van der Waals surface area contributed by atoms with Crippen LogP contribution in [0, 0.1) is 10.1 Å². The molecule has 0 aliphatic carbocycles. The number of aromatic nitrogens is 1. The van der Waals surface area contributed by atoms with Gasteiger partial charge in [-0.2, -0.15) is 0 Å². The summed E-state index contributed by atoms with van der Waals surface area (Å²) < 4.78 is 6.42. The first-order valence-electron chi connectivity index (χ1n) is 5.62. The number of nitrogens with zero attached hydrogens (tertiary/aromatic N) is 2. The van der Waals surface area contributed by atoms with Gasteiger partial charge >= 0.3 is 5.76 Å². The third-order valence-electron chi connectivity index (χ3n) is 2.62. The van der Waals surface area contributed by atoms with E-state index in [1.165, 1.54) is 22.8 Å². The zero-order chi connectivity index (χ0) is 13.1. The van der Waals surface area contributed by atoms with Crippen molar-refractivity contribution >= 4 is 16.8 Å². The van der Waals surface area contributed by atoms with E-state index in [1.54, 1.807) is 0 Å². The Kier molecular flexibility index (Phi) is 3.42. The van der Waals surface area contributed by atoms with Crippen LogP contribution in [-0.4, -0.2) is 22.6 Å². The molecule has 0 spiro atoms. The summed E-state index contributed by atoms with van der Waals surface area (Å²) in [6, 6.07) is 4.12. The first-order valence-corrected chi connectivity index (χ1v) is 5.62. The molecule has 0 bridgehead atoms. The molecule has 0 saturated heterocycles. The molecule has 0 atom stereocenters. The molecule has 2 aromatic rings. The molecule has 0 radical (unpaired) electrons. The van der Waals surface area contributed by atoms with Crippen LogP contribution in [0.4, 0.5) is 5.69 Å². The van der Waals surface area contributed by atoms with Crippen molar-refractivity contribution in [2.45, 2.75) is 13.5 Å². The molecule has 0 aliphatic heterocycles. The molecule has 0 aliphatic rings. The molecular weight excluding hydrogens is 238 g/mol. The summed E-state index contributed by atoms with van der Waals surface area (Å²) >= 11 is 0. The van der Waals surface area contributed by atoms with E-state index in [4.69, 9.17) is 4.42 Å². The van der Waals surface area contributed by atoms with Crippen LogP contribution in [0.5, 0.6) is 0 Å². The molecule has 1 N–H and O–H groups in total. The van der Waals surface area contributed by atoms with Gasteiger partial charge in [-0.25, -0.2) is 4.79 Å². The van der Waals surface area contributed by atoms with Crippen molar-refractivity contribution in [3.63, 3.8) is 0 Å². The van der Waals surface area contributed by atoms with Gasteiger partial charge in [0.15, 0.2) is 5.58 Å². The number of hydrogen-bond donors (Lipinski definition) is 1. The van der Waals surface area contributed by atoms with Crippen molar-refractivity contribution < 1.29 is 9.34 Å². The van der Waals surface area contributed by atoms with Crippen molar-refractivity contribution in [1.82, 2.24) is 9.88 Å². The van der Waals surface area contributed by atoms with Gasteiger partial charge in [0.1, 0.15) is 0 Å². The third kappa shape index (κ3) is 2.25. The quantitative estimate of drug-likeness (QED) is 0.488. The summed E-state index contributed by atoms with van der Waals surface area (Å²) in [6.07, 6.45) is 0. The lowest BCUT2D eigenvalue weighted by Crippen LogP contribution is -2.24. The Labute approximate surface area is 102 Å². The minimum absolute atomic E-state index is 0.0551. The number of benzene rings is 1. The second kappa shape index (κ2) is 5.01. The van der Waals surface area contributed by atoms with Gasteiger partial charge in [0, 0.05) is 25.2 Å². The molecule has 0 saturated carbocycles. The molecule has 0 unspecified atom stereocenters. The van der Waals surface area contributed by atoms with Crippen LogP contribution in [0.25, 0.3) is 11.1 Å². The van der Waals surface area contributed by atoms with Crippen molar-refractivity contribution in [3.8, 4) is 0 Å². The van der Waals surface area contributed by atoms with Crippen molar-refractivity contribution in [1.29, 1.82) is 0 Å². The summed E-state index contributed by atoms with van der Waals surface area (Å²) in [6.45, 7) is 3.78. The number of nitrogens with one attached hydrogen (secondary N) is 1. The Morgan fingerprint density at radius 3 is 2.94 bits per heavy atom. The fourth-order valence-electron chi connectivity index (χ4n) is 1.74. The van der Waals surface area contributed by atoms with Crippen LogP contribution in [-0.2, 0) is 6.54 Å². The average molecular weight is 251 g/mol. The van der Waals surface area contributed by atoms with Crippen LogP contribution in [0.3, 0.4) is 0 Å². The number of hydrogen-bond acceptors (Lipinski definition) is 5. The predicted octanol–water partition coefficient (Wildman–Crippen LogP) is 1.11.